The van der Waals surface area contributed by atoms with Crippen molar-refractivity contribution in [3.63, 3.8) is 0 Å². The van der Waals surface area contributed by atoms with Crippen molar-refractivity contribution in [3.05, 3.63) is 12.2 Å². The first-order valence-electron chi connectivity index (χ1n) is 13.9. The summed E-state index contributed by atoms with van der Waals surface area (Å²) < 4.78 is 5.64. The summed E-state index contributed by atoms with van der Waals surface area (Å²) in [5.74, 6) is 6.40. The molecule has 0 radical (unpaired) electrons. The maximum atomic E-state index is 11.5. The highest BCUT2D eigenvalue weighted by atomic mass is 16.5. The van der Waals surface area contributed by atoms with Crippen LogP contribution in [0.5, 0.6) is 0 Å². The zero-order valence-corrected chi connectivity index (χ0v) is 22.0. The molecule has 0 aromatic rings. The fourth-order valence-corrected chi connectivity index (χ4v) is 8.93. The summed E-state index contributed by atoms with van der Waals surface area (Å²) in [6.45, 7) is 16.5. The van der Waals surface area contributed by atoms with Crippen molar-refractivity contribution in [2.75, 3.05) is 0 Å². The van der Waals surface area contributed by atoms with E-state index in [2.05, 4.69) is 53.7 Å². The Kier molecular flexibility index (Phi) is 6.92. The number of hydrogen-bond donors (Lipinski definition) is 0. The van der Waals surface area contributed by atoms with Gasteiger partial charge in [0.1, 0.15) is 6.10 Å². The van der Waals surface area contributed by atoms with E-state index in [-0.39, 0.29) is 12.1 Å². The first-order valence-corrected chi connectivity index (χ1v) is 13.9. The topological polar surface area (TPSA) is 26.3 Å². The zero-order chi connectivity index (χ0) is 23.3. The van der Waals surface area contributed by atoms with E-state index < -0.39 is 0 Å². The van der Waals surface area contributed by atoms with Crippen molar-refractivity contribution in [1.82, 2.24) is 0 Å². The van der Waals surface area contributed by atoms with Crippen LogP contribution in [0.25, 0.3) is 0 Å². The van der Waals surface area contributed by atoms with Gasteiger partial charge < -0.3 is 4.74 Å². The van der Waals surface area contributed by atoms with Gasteiger partial charge in [-0.1, -0.05) is 66.5 Å². The molecule has 0 aliphatic heterocycles. The number of esters is 1. The molecule has 0 aromatic heterocycles. The Morgan fingerprint density at radius 3 is 2.47 bits per heavy atom. The first-order chi connectivity index (χ1) is 15.1. The predicted octanol–water partition coefficient (Wildman–Crippen LogP) is 8.06. The molecule has 4 aliphatic carbocycles. The Bertz CT molecular complexity index is 710. The van der Waals surface area contributed by atoms with Crippen LogP contribution in [0.2, 0.25) is 0 Å². The van der Waals surface area contributed by atoms with Gasteiger partial charge in [-0.05, 0) is 103 Å². The summed E-state index contributed by atoms with van der Waals surface area (Å²) in [6, 6.07) is 0. The summed E-state index contributed by atoms with van der Waals surface area (Å²) in [7, 11) is 0. The number of fused-ring (bicyclic) bond motifs is 5. The zero-order valence-electron chi connectivity index (χ0n) is 22.0. The summed E-state index contributed by atoms with van der Waals surface area (Å²) in [5, 5.41) is 0. The van der Waals surface area contributed by atoms with E-state index in [1.165, 1.54) is 44.9 Å². The van der Waals surface area contributed by atoms with Crippen LogP contribution in [0.15, 0.2) is 12.2 Å². The summed E-state index contributed by atoms with van der Waals surface area (Å²) in [6.07, 6.45) is 17.3. The number of hydrogen-bond acceptors (Lipinski definition) is 2. The molecule has 32 heavy (non-hydrogen) atoms. The molecule has 0 unspecified atom stereocenters. The molecule has 10 atom stereocenters. The lowest BCUT2D eigenvalue weighted by Crippen LogP contribution is -2.52. The monoisotopic (exact) mass is 442 g/mol. The van der Waals surface area contributed by atoms with E-state index in [1.54, 1.807) is 6.92 Å². The Morgan fingerprint density at radius 2 is 1.78 bits per heavy atom. The summed E-state index contributed by atoms with van der Waals surface area (Å²) >= 11 is 0. The summed E-state index contributed by atoms with van der Waals surface area (Å²) in [5.41, 5.74) is 0.799. The second-order valence-corrected chi connectivity index (χ2v) is 13.3. The molecule has 0 spiro atoms. The summed E-state index contributed by atoms with van der Waals surface area (Å²) in [4.78, 5) is 11.5. The number of carbonyl (C=O) groups is 1. The fourth-order valence-electron chi connectivity index (χ4n) is 8.93. The molecule has 182 valence electrons. The van der Waals surface area contributed by atoms with E-state index in [1.807, 2.05) is 0 Å². The second-order valence-electron chi connectivity index (χ2n) is 13.3. The minimum atomic E-state index is -0.102. The smallest absolute Gasteiger partial charge is 0.302 e. The van der Waals surface area contributed by atoms with Crippen molar-refractivity contribution in [1.29, 1.82) is 0 Å². The van der Waals surface area contributed by atoms with Crippen LogP contribution in [0.1, 0.15) is 106 Å². The molecule has 0 amide bonds. The average Bonchev–Trinajstić information content (AvgIpc) is 3.08. The van der Waals surface area contributed by atoms with Crippen molar-refractivity contribution >= 4 is 5.97 Å². The van der Waals surface area contributed by atoms with E-state index in [0.29, 0.717) is 16.7 Å². The number of allylic oxidation sites excluding steroid dienone is 2. The minimum absolute atomic E-state index is 0.102. The van der Waals surface area contributed by atoms with Crippen LogP contribution in [0.4, 0.5) is 0 Å². The number of ether oxygens (including phenoxy) is 1. The van der Waals surface area contributed by atoms with Gasteiger partial charge in [-0.25, -0.2) is 0 Å². The SMILES string of the molecule is CC(=O)O[C@@H]1CC[C@@]2(C)[C@@H](CC[C@H]3[C@H]4CC[C@@H]([C@H](C)CC[C@H](C)C(C)C)[C@]4(C)C=C[C@H]32)C1. The highest BCUT2D eigenvalue weighted by Gasteiger charge is 2.59. The number of rotatable bonds is 6. The van der Waals surface area contributed by atoms with Crippen LogP contribution in [0, 0.1) is 58.2 Å². The first kappa shape index (κ1) is 24.3. The van der Waals surface area contributed by atoms with Gasteiger partial charge in [0.15, 0.2) is 0 Å². The normalized spacial score (nSPS) is 45.0. The van der Waals surface area contributed by atoms with Crippen LogP contribution in [0.3, 0.4) is 0 Å². The average molecular weight is 443 g/mol. The van der Waals surface area contributed by atoms with Crippen LogP contribution < -0.4 is 0 Å². The Labute approximate surface area is 198 Å². The standard InChI is InChI=1S/C30H50O2/c1-19(2)20(3)8-9-21(4)26-12-13-27-25-11-10-23-18-24(32-22(5)31)14-16-29(23,6)28(25)15-17-30(26,27)7/h15,17,19-21,23-28H,8-14,16,18H2,1-7H3/t20-,21+,23-,24+,25-,26-,27+,28+,29-,30-/m0/s1. The van der Waals surface area contributed by atoms with Gasteiger partial charge in [0.2, 0.25) is 0 Å². The second kappa shape index (κ2) is 9.10. The molecule has 0 bridgehead atoms. The molecule has 4 rings (SSSR count). The molecular weight excluding hydrogens is 392 g/mol. The quantitative estimate of drug-likeness (QED) is 0.307. The van der Waals surface area contributed by atoms with Gasteiger partial charge in [-0.3, -0.25) is 4.79 Å². The van der Waals surface area contributed by atoms with E-state index in [0.717, 1.165) is 54.3 Å². The van der Waals surface area contributed by atoms with E-state index >= 15 is 0 Å². The van der Waals surface area contributed by atoms with Gasteiger partial charge in [0.05, 0.1) is 0 Å². The van der Waals surface area contributed by atoms with Crippen molar-refractivity contribution in [3.8, 4) is 0 Å². The molecule has 2 heteroatoms. The fraction of sp³-hybridized carbons (Fsp3) is 0.900. The third kappa shape index (κ3) is 4.22. The van der Waals surface area contributed by atoms with Gasteiger partial charge >= 0.3 is 5.97 Å². The molecule has 0 N–H and O–H groups in total. The van der Waals surface area contributed by atoms with Crippen LogP contribution in [-0.2, 0) is 9.53 Å². The van der Waals surface area contributed by atoms with Crippen LogP contribution >= 0.6 is 0 Å². The molecule has 3 fully saturated rings. The molecule has 0 heterocycles. The Hall–Kier alpha value is -0.790. The van der Waals surface area contributed by atoms with E-state index in [9.17, 15) is 4.79 Å². The lowest BCUT2D eigenvalue weighted by molar-refractivity contribution is -0.154. The van der Waals surface area contributed by atoms with Crippen LogP contribution in [-0.4, -0.2) is 12.1 Å². The number of carbonyl (C=O) groups excluding carboxylic acids is 1. The molecule has 2 nitrogen and oxygen atoms in total. The molecule has 4 aliphatic rings. The third-order valence-corrected chi connectivity index (χ3v) is 11.4. The van der Waals surface area contributed by atoms with Gasteiger partial charge in [-0.2, -0.15) is 0 Å². The third-order valence-electron chi connectivity index (χ3n) is 11.4. The lowest BCUT2D eigenvalue weighted by atomic mass is 9.46. The van der Waals surface area contributed by atoms with Crippen molar-refractivity contribution < 1.29 is 9.53 Å². The molecule has 0 saturated heterocycles. The van der Waals surface area contributed by atoms with Crippen molar-refractivity contribution in [2.45, 2.75) is 112 Å². The van der Waals surface area contributed by atoms with Gasteiger partial charge in [0.25, 0.3) is 0 Å². The molecule has 3 saturated carbocycles. The lowest BCUT2D eigenvalue weighted by Gasteiger charge is -2.59. The highest BCUT2D eigenvalue weighted by molar-refractivity contribution is 5.66. The molecule has 0 aromatic carbocycles. The Balaban J connectivity index is 1.48. The minimum Gasteiger partial charge on any atom is -0.463 e. The Morgan fingerprint density at radius 1 is 1.03 bits per heavy atom. The maximum Gasteiger partial charge on any atom is 0.302 e. The predicted molar refractivity (Wildman–Crippen MR) is 133 cm³/mol. The largest absolute Gasteiger partial charge is 0.463 e. The van der Waals surface area contributed by atoms with Crippen molar-refractivity contribution in [2.24, 2.45) is 58.2 Å². The van der Waals surface area contributed by atoms with Gasteiger partial charge in [-0.15, -0.1) is 0 Å². The molecular formula is C30H50O2. The van der Waals surface area contributed by atoms with E-state index in [4.69, 9.17) is 4.74 Å². The maximum absolute atomic E-state index is 11.5. The van der Waals surface area contributed by atoms with Gasteiger partial charge in [0, 0.05) is 6.92 Å². The highest BCUT2D eigenvalue weighted by Crippen LogP contribution is 2.66.